The maximum atomic E-state index is 14.9. The van der Waals surface area contributed by atoms with Crippen LogP contribution in [0.4, 0.5) is 0 Å². The molecule has 11 amide bonds. The molecule has 0 saturated carbocycles. The van der Waals surface area contributed by atoms with E-state index < -0.39 is 119 Å². The van der Waals surface area contributed by atoms with Gasteiger partial charge < -0.3 is 80.6 Å². The van der Waals surface area contributed by atoms with Gasteiger partial charge in [-0.1, -0.05) is 137 Å². The highest BCUT2D eigenvalue weighted by Gasteiger charge is 2.38. The van der Waals surface area contributed by atoms with Gasteiger partial charge in [-0.05, 0) is 183 Å². The number of carbonyl (C=O) groups is 11. The molecule has 0 aliphatic rings. The van der Waals surface area contributed by atoms with Gasteiger partial charge in [-0.15, -0.1) is 0 Å². The maximum absolute atomic E-state index is 14.9. The summed E-state index contributed by atoms with van der Waals surface area (Å²) in [6, 6.07) is 0.987. The van der Waals surface area contributed by atoms with Crippen LogP contribution < -0.4 is 70.4 Å². The van der Waals surface area contributed by atoms with E-state index in [1.807, 2.05) is 66.0 Å². The number of hydrogen-bond donors (Lipinski definition) is 15. The molecule has 10 atom stereocenters. The van der Waals surface area contributed by atoms with Crippen LogP contribution in [0.2, 0.25) is 0 Å². The lowest BCUT2D eigenvalue weighted by Gasteiger charge is -2.30. The molecule has 0 unspecified atom stereocenters. The number of benzene rings is 2. The van der Waals surface area contributed by atoms with E-state index in [-0.39, 0.29) is 88.1 Å². The van der Waals surface area contributed by atoms with Crippen molar-refractivity contribution < 1.29 is 63.0 Å². The molecule has 558 valence electrons. The number of unbranched alkanes of at least 4 members (excludes halogenated alkanes) is 13. The summed E-state index contributed by atoms with van der Waals surface area (Å²) >= 11 is 3.83. The van der Waals surface area contributed by atoms with Crippen molar-refractivity contribution in [2.75, 3.05) is 26.2 Å². The summed E-state index contributed by atoms with van der Waals surface area (Å²) in [5.41, 5.74) is 18.2. The summed E-state index contributed by atoms with van der Waals surface area (Å²) in [7, 11) is 0. The number of phenols is 1. The fourth-order valence-corrected chi connectivity index (χ4v) is 12.9. The first-order valence-electron chi connectivity index (χ1n) is 35.6. The van der Waals surface area contributed by atoms with Crippen LogP contribution in [-0.4, -0.2) is 156 Å². The van der Waals surface area contributed by atoms with Crippen LogP contribution in [0.5, 0.6) is 5.75 Å². The Morgan fingerprint density at radius 1 is 0.485 bits per heavy atom. The average Bonchev–Trinajstić information content (AvgIpc) is 0.857. The Morgan fingerprint density at radius 3 is 1.45 bits per heavy atom. The number of nitrogens with one attached hydrogen (secondary N) is 10. The lowest BCUT2D eigenvalue weighted by molar-refractivity contribution is -0.137. The molecule has 0 aliphatic carbocycles. The van der Waals surface area contributed by atoms with Crippen molar-refractivity contribution in [2.24, 2.45) is 35.0 Å². The van der Waals surface area contributed by atoms with Crippen LogP contribution >= 0.6 is 45.2 Å². The third-order valence-electron chi connectivity index (χ3n) is 17.1. The number of nitrogens with two attached hydrogens (primary N) is 3. The highest BCUT2D eigenvalue weighted by Crippen LogP contribution is 2.28. The predicted octanol–water partition coefficient (Wildman–Crippen LogP) is 5.31. The molecule has 18 N–H and O–H groups in total. The molecule has 0 aliphatic heterocycles. The molecule has 26 nitrogen and oxygen atoms in total. The van der Waals surface area contributed by atoms with Crippen LogP contribution in [0.15, 0.2) is 42.5 Å². The molecule has 0 saturated heterocycles. The number of amides is 11. The molecule has 0 aromatic heterocycles. The fraction of sp³-hybridized carbons (Fsp3) is 0.676. The molecular formula is C71H117I2N13O13. The zero-order valence-corrected chi connectivity index (χ0v) is 64.0. The van der Waals surface area contributed by atoms with Gasteiger partial charge in [0.1, 0.15) is 54.1 Å². The summed E-state index contributed by atoms with van der Waals surface area (Å²) < 4.78 is 0.820. The van der Waals surface area contributed by atoms with Crippen LogP contribution in [0.25, 0.3) is 0 Å². The Labute approximate surface area is 613 Å². The number of halogens is 2. The van der Waals surface area contributed by atoms with Crippen molar-refractivity contribution >= 4 is 110 Å². The van der Waals surface area contributed by atoms with Crippen LogP contribution in [0.3, 0.4) is 0 Å². The number of hydrogen-bond acceptors (Lipinski definition) is 15. The number of primary amides is 1. The third-order valence-corrected chi connectivity index (χ3v) is 18.8. The number of aliphatic hydroxyl groups excluding tert-OH is 1. The van der Waals surface area contributed by atoms with Crippen LogP contribution in [-0.2, 0) is 54.4 Å². The predicted molar refractivity (Wildman–Crippen MR) is 400 cm³/mol. The maximum Gasteiger partial charge on any atom is 0.251 e. The quantitative estimate of drug-likeness (QED) is 0.0295. The summed E-state index contributed by atoms with van der Waals surface area (Å²) in [5, 5.41) is 49.1. The van der Waals surface area contributed by atoms with Gasteiger partial charge >= 0.3 is 0 Å². The average molecular weight is 1610 g/mol. The van der Waals surface area contributed by atoms with E-state index in [1.165, 1.54) is 51.9 Å². The molecule has 0 radical (unpaired) electrons. The number of phenolic OH excluding ortho intramolecular Hbond substituents is 1. The topological polar surface area (TPSA) is 427 Å². The Hall–Kier alpha value is -6.25. The van der Waals surface area contributed by atoms with E-state index in [1.54, 1.807) is 63.2 Å². The minimum atomic E-state index is -1.75. The summed E-state index contributed by atoms with van der Waals surface area (Å²) in [6.45, 7) is 14.4. The number of aromatic hydroxyl groups is 1. The zero-order valence-electron chi connectivity index (χ0n) is 59.6. The van der Waals surface area contributed by atoms with E-state index >= 15 is 0 Å². The van der Waals surface area contributed by atoms with Crippen molar-refractivity contribution in [3.63, 3.8) is 0 Å². The number of carbonyl (C=O) groups excluding carboxylic acids is 11. The van der Waals surface area contributed by atoms with Gasteiger partial charge in [0.15, 0.2) is 0 Å². The molecule has 0 spiro atoms. The second kappa shape index (κ2) is 50.1. The highest BCUT2D eigenvalue weighted by atomic mass is 127. The van der Waals surface area contributed by atoms with Gasteiger partial charge in [0.25, 0.3) is 5.91 Å². The van der Waals surface area contributed by atoms with Gasteiger partial charge in [-0.25, -0.2) is 0 Å². The normalized spacial score (nSPS) is 14.3. The van der Waals surface area contributed by atoms with E-state index in [0.29, 0.717) is 69.8 Å². The number of aliphatic hydroxyl groups is 1. The second-order valence-corrected chi connectivity index (χ2v) is 28.9. The van der Waals surface area contributed by atoms with Crippen molar-refractivity contribution in [3.8, 4) is 5.75 Å². The van der Waals surface area contributed by atoms with E-state index in [0.717, 1.165) is 19.3 Å². The second-order valence-electron chi connectivity index (χ2n) is 26.6. The molecule has 99 heavy (non-hydrogen) atoms. The molecule has 2 aromatic rings. The van der Waals surface area contributed by atoms with Crippen LogP contribution in [0, 0.1) is 24.9 Å². The Kier molecular flexibility index (Phi) is 45.0. The highest BCUT2D eigenvalue weighted by molar-refractivity contribution is 14.1. The lowest BCUT2D eigenvalue weighted by atomic mass is 9.96. The summed E-state index contributed by atoms with van der Waals surface area (Å²) in [6.07, 6.45) is 14.0. The fourth-order valence-electron chi connectivity index (χ4n) is 11.0. The zero-order chi connectivity index (χ0) is 74.0. The van der Waals surface area contributed by atoms with Crippen molar-refractivity contribution in [1.82, 2.24) is 53.2 Å². The van der Waals surface area contributed by atoms with E-state index in [4.69, 9.17) is 17.2 Å². The first kappa shape index (κ1) is 88.8. The molecule has 0 fully saturated rings. The van der Waals surface area contributed by atoms with Gasteiger partial charge in [0.05, 0.1) is 19.8 Å². The third kappa shape index (κ3) is 35.8. The lowest BCUT2D eigenvalue weighted by Crippen LogP contribution is -2.62. The summed E-state index contributed by atoms with van der Waals surface area (Å²) in [4.78, 5) is 153. The Bertz CT molecular complexity index is 2810. The van der Waals surface area contributed by atoms with Gasteiger partial charge in [-0.3, -0.25) is 52.7 Å². The SMILES string of the molecule is CCCCCCCCCCCCCC(=O)NCC(=O)N[C@@H](CC(C)C)C(=O)N[C@H](C(=O)N[C@H](C(=O)N[C@@H](Cc1cc(I)c(O)c(I)c1)C(=O)N[C@H](CCCCN)C(=O)N[C@@H](CCCCNC(=O)c1ccccc1)C(=O)N[C@H](C(=O)N[C@@H](CCCCN)C(N)=O)[C@@H](C)CC)[C@@H](C)O)C(C)C. The molecule has 2 rings (SSSR count). The van der Waals surface area contributed by atoms with E-state index in [9.17, 15) is 63.0 Å². The minimum Gasteiger partial charge on any atom is -0.506 e. The minimum absolute atomic E-state index is 0.0136. The van der Waals surface area contributed by atoms with E-state index in [2.05, 4.69) is 60.1 Å². The van der Waals surface area contributed by atoms with Crippen molar-refractivity contribution in [3.05, 3.63) is 60.7 Å². The Balaban J connectivity index is 2.47. The monoisotopic (exact) mass is 1610 g/mol. The molecule has 0 bridgehead atoms. The number of rotatable bonds is 52. The van der Waals surface area contributed by atoms with Crippen LogP contribution in [0.1, 0.15) is 219 Å². The van der Waals surface area contributed by atoms with Crippen molar-refractivity contribution in [1.29, 1.82) is 0 Å². The largest absolute Gasteiger partial charge is 0.506 e. The molecule has 28 heteroatoms. The van der Waals surface area contributed by atoms with Gasteiger partial charge in [0.2, 0.25) is 59.1 Å². The molecular weight excluding hydrogens is 1500 g/mol. The van der Waals surface area contributed by atoms with Crippen molar-refractivity contribution in [2.45, 2.75) is 264 Å². The molecule has 2 aromatic carbocycles. The van der Waals surface area contributed by atoms with Gasteiger partial charge in [0, 0.05) is 24.9 Å². The summed E-state index contributed by atoms with van der Waals surface area (Å²) in [5.74, 6) is -9.03. The first-order chi connectivity index (χ1) is 47.1. The standard InChI is InChI=1S/C71H117I2N13O13/c1-9-11-12-13-14-15-16-17-18-19-23-35-57(88)78-43-58(89)79-55(39-44(3)4)68(96)84-59(45(5)6)69(97)86-61(47(8)87)71(99)83-56(42-48-40-50(72)62(90)51(73)41-48)67(95)82-53(33-25-28-37-75)65(93)81-54(34-26-29-38-77-64(92)49-30-21-20-22-31-49)66(94)85-60(46(7)10-2)70(98)80-52(63(76)91)32-24-27-36-74/h20-22,30-31,40-41,44-47,52-56,59-61,87,90H,9-19,23-29,32-39,42-43,74-75H2,1-8H3,(H2,76,91)(H,77,92)(H,78,88)(H,79,89)(H,80,98)(H,81,93)(H,82,95)(H,83,99)(H,84,96)(H,85,94)(H,86,97)/t46-,47+,52-,53+,54-,55-,56-,59-,60-,61-/m0/s1. The smallest absolute Gasteiger partial charge is 0.251 e. The Morgan fingerprint density at radius 2 is 0.939 bits per heavy atom. The van der Waals surface area contributed by atoms with Gasteiger partial charge in [-0.2, -0.15) is 0 Å². The first-order valence-corrected chi connectivity index (χ1v) is 37.8. The molecule has 0 heterocycles.